The summed E-state index contributed by atoms with van der Waals surface area (Å²) >= 11 is 0. The van der Waals surface area contributed by atoms with Gasteiger partial charge in [-0.15, -0.1) is 0 Å². The van der Waals surface area contributed by atoms with E-state index in [4.69, 9.17) is 0 Å². The third-order valence-corrected chi connectivity index (χ3v) is 3.39. The fourth-order valence-electron chi connectivity index (χ4n) is 2.01. The second kappa shape index (κ2) is 7.02. The molecule has 0 unspecified atom stereocenters. The highest BCUT2D eigenvalue weighted by Gasteiger charge is 2.11. The highest BCUT2D eigenvalue weighted by Crippen LogP contribution is 2.10. The minimum atomic E-state index is -0.345. The predicted octanol–water partition coefficient (Wildman–Crippen LogP) is 3.61. The molecule has 0 atom stereocenters. The Morgan fingerprint density at radius 3 is 2.55 bits per heavy atom. The quantitative estimate of drug-likeness (QED) is 0.919. The summed E-state index contributed by atoms with van der Waals surface area (Å²) in [5.74, 6) is -0.644. The van der Waals surface area contributed by atoms with Crippen LogP contribution in [0.1, 0.15) is 16.7 Å². The normalized spacial score (nSPS) is 10.4. The van der Waals surface area contributed by atoms with Gasteiger partial charge in [0.25, 0.3) is 0 Å². The van der Waals surface area contributed by atoms with Gasteiger partial charge in [0.05, 0.1) is 0 Å². The molecule has 2 aromatic carbocycles. The fraction of sp³-hybridized carbons (Fsp3) is 0.235. The van der Waals surface area contributed by atoms with E-state index in [1.807, 2.05) is 0 Å². The number of rotatable bonds is 4. The van der Waals surface area contributed by atoms with Crippen LogP contribution in [0.25, 0.3) is 0 Å². The Balaban J connectivity index is 1.91. The van der Waals surface area contributed by atoms with E-state index in [1.165, 1.54) is 17.0 Å². The van der Waals surface area contributed by atoms with Crippen LogP contribution in [0.3, 0.4) is 0 Å². The number of nitrogens with one attached hydrogen (secondary N) is 1. The van der Waals surface area contributed by atoms with Crippen LogP contribution in [-0.2, 0) is 13.1 Å². The fourth-order valence-corrected chi connectivity index (χ4v) is 2.01. The van der Waals surface area contributed by atoms with Crippen molar-refractivity contribution in [3.05, 3.63) is 70.8 Å². The second-order valence-electron chi connectivity index (χ2n) is 5.19. The molecule has 2 aromatic rings. The van der Waals surface area contributed by atoms with Crippen LogP contribution in [0.2, 0.25) is 0 Å². The van der Waals surface area contributed by atoms with Gasteiger partial charge < -0.3 is 10.2 Å². The molecule has 0 saturated carbocycles. The molecular weight excluding hydrogens is 286 g/mol. The van der Waals surface area contributed by atoms with Crippen LogP contribution in [0.4, 0.5) is 13.6 Å². The maximum Gasteiger partial charge on any atom is 0.317 e. The van der Waals surface area contributed by atoms with E-state index >= 15 is 0 Å². The summed E-state index contributed by atoms with van der Waals surface area (Å²) in [6.45, 7) is 2.07. The zero-order valence-corrected chi connectivity index (χ0v) is 12.6. The maximum absolute atomic E-state index is 13.5. The van der Waals surface area contributed by atoms with E-state index in [0.717, 1.165) is 0 Å². The van der Waals surface area contributed by atoms with Crippen molar-refractivity contribution < 1.29 is 13.6 Å². The molecule has 0 spiro atoms. The molecular formula is C17H18F2N2O. The molecule has 2 amide bonds. The van der Waals surface area contributed by atoms with Crippen molar-refractivity contribution in [2.75, 3.05) is 7.05 Å². The number of benzene rings is 2. The Bertz CT molecular complexity index is 673. The van der Waals surface area contributed by atoms with Gasteiger partial charge in [-0.1, -0.05) is 30.3 Å². The molecule has 0 aliphatic carbocycles. The molecule has 0 aliphatic rings. The average Bonchev–Trinajstić information content (AvgIpc) is 2.50. The lowest BCUT2D eigenvalue weighted by atomic mass is 10.1. The molecule has 3 nitrogen and oxygen atoms in total. The molecule has 0 aliphatic heterocycles. The van der Waals surface area contributed by atoms with Crippen LogP contribution in [0.5, 0.6) is 0 Å². The van der Waals surface area contributed by atoms with Crippen molar-refractivity contribution in [2.45, 2.75) is 20.0 Å². The van der Waals surface area contributed by atoms with Gasteiger partial charge in [0.2, 0.25) is 0 Å². The number of aryl methyl sites for hydroxylation is 1. The van der Waals surface area contributed by atoms with Crippen molar-refractivity contribution in [1.82, 2.24) is 10.2 Å². The zero-order valence-electron chi connectivity index (χ0n) is 12.6. The first-order valence-corrected chi connectivity index (χ1v) is 6.95. The first kappa shape index (κ1) is 15.9. The van der Waals surface area contributed by atoms with Gasteiger partial charge in [-0.2, -0.15) is 0 Å². The van der Waals surface area contributed by atoms with E-state index in [9.17, 15) is 13.6 Å². The number of carbonyl (C=O) groups excluding carboxylic acids is 1. The van der Waals surface area contributed by atoms with Gasteiger partial charge in [0, 0.05) is 25.7 Å². The Morgan fingerprint density at radius 1 is 1.14 bits per heavy atom. The molecule has 116 valence electrons. The first-order valence-electron chi connectivity index (χ1n) is 6.95. The summed E-state index contributed by atoms with van der Waals surface area (Å²) in [6, 6.07) is 10.8. The summed E-state index contributed by atoms with van der Waals surface area (Å²) in [4.78, 5) is 13.4. The zero-order chi connectivity index (χ0) is 16.1. The third-order valence-electron chi connectivity index (χ3n) is 3.39. The molecule has 22 heavy (non-hydrogen) atoms. The molecule has 0 radical (unpaired) electrons. The molecule has 0 saturated heterocycles. The summed E-state index contributed by atoms with van der Waals surface area (Å²) in [7, 11) is 1.58. The summed E-state index contributed by atoms with van der Waals surface area (Å²) in [5.41, 5.74) is 1.68. The van der Waals surface area contributed by atoms with Crippen LogP contribution in [0.15, 0.2) is 42.5 Å². The van der Waals surface area contributed by atoms with Crippen LogP contribution in [-0.4, -0.2) is 18.0 Å². The van der Waals surface area contributed by atoms with Crippen molar-refractivity contribution in [3.8, 4) is 0 Å². The summed E-state index contributed by atoms with van der Waals surface area (Å²) < 4.78 is 27.0. The van der Waals surface area contributed by atoms with E-state index in [0.29, 0.717) is 16.7 Å². The van der Waals surface area contributed by atoms with Gasteiger partial charge in [0.15, 0.2) is 0 Å². The smallest absolute Gasteiger partial charge is 0.317 e. The lowest BCUT2D eigenvalue weighted by Gasteiger charge is -2.18. The maximum atomic E-state index is 13.5. The summed E-state index contributed by atoms with van der Waals surface area (Å²) in [6.07, 6.45) is 0. The number of amides is 2. The molecule has 0 aromatic heterocycles. The third kappa shape index (κ3) is 4.04. The van der Waals surface area contributed by atoms with Crippen molar-refractivity contribution in [2.24, 2.45) is 0 Å². The highest BCUT2D eigenvalue weighted by molar-refractivity contribution is 5.73. The Labute approximate surface area is 128 Å². The van der Waals surface area contributed by atoms with E-state index in [2.05, 4.69) is 5.32 Å². The monoisotopic (exact) mass is 304 g/mol. The number of halogens is 2. The first-order chi connectivity index (χ1) is 10.5. The van der Waals surface area contributed by atoms with Crippen molar-refractivity contribution in [1.29, 1.82) is 0 Å². The van der Waals surface area contributed by atoms with Gasteiger partial charge in [-0.25, -0.2) is 13.6 Å². The number of nitrogens with zero attached hydrogens (tertiary/aromatic N) is 1. The highest BCUT2D eigenvalue weighted by atomic mass is 19.1. The van der Waals surface area contributed by atoms with Crippen molar-refractivity contribution >= 4 is 6.03 Å². The topological polar surface area (TPSA) is 32.3 Å². The van der Waals surface area contributed by atoms with E-state index in [1.54, 1.807) is 44.3 Å². The average molecular weight is 304 g/mol. The number of carbonyl (C=O) groups is 1. The Hall–Kier alpha value is -2.43. The number of urea groups is 1. The number of hydrogen-bond acceptors (Lipinski definition) is 1. The number of hydrogen-bond donors (Lipinski definition) is 1. The Kier molecular flexibility index (Phi) is 5.09. The molecule has 5 heteroatoms. The SMILES string of the molecule is Cc1ccc(CNC(=O)N(C)Cc2ccccc2F)cc1F. The summed E-state index contributed by atoms with van der Waals surface area (Å²) in [5, 5.41) is 2.68. The lowest BCUT2D eigenvalue weighted by Crippen LogP contribution is -2.36. The second-order valence-corrected chi connectivity index (χ2v) is 5.19. The van der Waals surface area contributed by atoms with Crippen molar-refractivity contribution in [3.63, 3.8) is 0 Å². The molecule has 0 heterocycles. The molecule has 1 N–H and O–H groups in total. The van der Waals surface area contributed by atoms with Gasteiger partial charge in [0.1, 0.15) is 11.6 Å². The Morgan fingerprint density at radius 2 is 1.86 bits per heavy atom. The molecule has 2 rings (SSSR count). The van der Waals surface area contributed by atoms with Gasteiger partial charge >= 0.3 is 6.03 Å². The standard InChI is InChI=1S/C17H18F2N2O/c1-12-7-8-13(9-16(12)19)10-20-17(22)21(2)11-14-5-3-4-6-15(14)18/h3-9H,10-11H2,1-2H3,(H,20,22). The molecule has 0 fully saturated rings. The predicted molar refractivity (Wildman–Crippen MR) is 81.2 cm³/mol. The largest absolute Gasteiger partial charge is 0.334 e. The minimum absolute atomic E-state index is 0.167. The van der Waals surface area contributed by atoms with Gasteiger partial charge in [-0.05, 0) is 30.2 Å². The van der Waals surface area contributed by atoms with E-state index < -0.39 is 0 Å². The van der Waals surface area contributed by atoms with E-state index in [-0.39, 0.29) is 30.8 Å². The van der Waals surface area contributed by atoms with Crippen LogP contribution in [0, 0.1) is 18.6 Å². The molecule has 0 bridgehead atoms. The minimum Gasteiger partial charge on any atom is -0.334 e. The van der Waals surface area contributed by atoms with Crippen LogP contribution >= 0.6 is 0 Å². The van der Waals surface area contributed by atoms with Gasteiger partial charge in [-0.3, -0.25) is 0 Å². The van der Waals surface area contributed by atoms with Crippen LogP contribution < -0.4 is 5.32 Å². The lowest BCUT2D eigenvalue weighted by molar-refractivity contribution is 0.206.